The number of ether oxygens (including phenoxy) is 1. The summed E-state index contributed by atoms with van der Waals surface area (Å²) in [5.74, 6) is -0.843. The maximum absolute atomic E-state index is 10.2. The third kappa shape index (κ3) is 24.7. The normalized spacial score (nSPS) is 10.7. The lowest BCUT2D eigenvalue weighted by atomic mass is 10.5. The zero-order valence-electron chi connectivity index (χ0n) is 7.48. The number of methoxy groups -OCH3 is 1. The Kier molecular flexibility index (Phi) is 10.2. The van der Waals surface area contributed by atoms with E-state index in [1.165, 1.54) is 14.0 Å². The van der Waals surface area contributed by atoms with Crippen LogP contribution in [-0.2, 0) is 25.4 Å². The Morgan fingerprint density at radius 1 is 1.54 bits per heavy atom. The molecule has 0 saturated carbocycles. The summed E-state index contributed by atoms with van der Waals surface area (Å²) in [5, 5.41) is 0. The summed E-state index contributed by atoms with van der Waals surface area (Å²) in [6.07, 6.45) is -0.000386. The van der Waals surface area contributed by atoms with Crippen LogP contribution in [0.25, 0.3) is 0 Å². The minimum Gasteiger partial charge on any atom is -0.469 e. The molecule has 6 nitrogen and oxygen atoms in total. The van der Waals surface area contributed by atoms with Crippen molar-refractivity contribution in [2.75, 3.05) is 12.9 Å². The van der Waals surface area contributed by atoms with Crippen LogP contribution < -0.4 is 5.73 Å². The van der Waals surface area contributed by atoms with Crippen molar-refractivity contribution >= 4 is 23.0 Å². The molecular formula is C6H13NO5S. The van der Waals surface area contributed by atoms with Crippen LogP contribution in [0.3, 0.4) is 0 Å². The van der Waals surface area contributed by atoms with Gasteiger partial charge in [0.2, 0.25) is 5.91 Å². The lowest BCUT2D eigenvalue weighted by Crippen LogP contribution is -2.05. The molecule has 0 spiro atoms. The molecule has 0 saturated heterocycles. The third-order valence-corrected chi connectivity index (χ3v) is 1.26. The Bertz CT molecular complexity index is 189. The van der Waals surface area contributed by atoms with Gasteiger partial charge < -0.3 is 15.0 Å². The number of hydrogen-bond acceptors (Lipinski definition) is 4. The minimum atomic E-state index is -1.89. The van der Waals surface area contributed by atoms with Crippen molar-refractivity contribution in [3.63, 3.8) is 0 Å². The molecule has 3 N–H and O–H groups in total. The second-order valence-corrected chi connectivity index (χ2v) is 3.01. The van der Waals surface area contributed by atoms with E-state index in [-0.39, 0.29) is 18.1 Å². The van der Waals surface area contributed by atoms with Gasteiger partial charge in [-0.15, -0.1) is 0 Å². The van der Waals surface area contributed by atoms with Gasteiger partial charge in [0.05, 0.1) is 19.3 Å². The molecule has 0 aromatic rings. The smallest absolute Gasteiger partial charge is 0.306 e. The van der Waals surface area contributed by atoms with E-state index in [1.54, 1.807) is 0 Å². The van der Waals surface area contributed by atoms with Crippen LogP contribution >= 0.6 is 0 Å². The fraction of sp³-hybridized carbons (Fsp3) is 0.667. The first-order valence-electron chi connectivity index (χ1n) is 3.30. The lowest BCUT2D eigenvalue weighted by Gasteiger charge is -1.93. The highest BCUT2D eigenvalue weighted by atomic mass is 32.2. The summed E-state index contributed by atoms with van der Waals surface area (Å²) in [5.41, 5.74) is 4.47. The number of nitrogens with two attached hydrogens (primary N) is 1. The van der Waals surface area contributed by atoms with Gasteiger partial charge in [0.15, 0.2) is 11.1 Å². The molecule has 7 heteroatoms. The largest absolute Gasteiger partial charge is 0.469 e. The first-order chi connectivity index (χ1) is 5.90. The maximum atomic E-state index is 10.2. The predicted octanol–water partition coefficient (Wildman–Crippen LogP) is -0.737. The van der Waals surface area contributed by atoms with Crippen LogP contribution in [-0.4, -0.2) is 33.5 Å². The quantitative estimate of drug-likeness (QED) is 0.472. The average molecular weight is 211 g/mol. The van der Waals surface area contributed by atoms with Gasteiger partial charge in [-0.1, -0.05) is 0 Å². The molecule has 0 aromatic heterocycles. The number of esters is 1. The number of carbonyl (C=O) groups is 2. The molecule has 0 bridgehead atoms. The summed E-state index contributed by atoms with van der Waals surface area (Å²) in [6, 6.07) is 0. The van der Waals surface area contributed by atoms with Crippen molar-refractivity contribution in [3.05, 3.63) is 0 Å². The molecular weight excluding hydrogens is 198 g/mol. The Hall–Kier alpha value is -0.950. The number of rotatable bonds is 3. The summed E-state index contributed by atoms with van der Waals surface area (Å²) < 4.78 is 22.3. The zero-order chi connectivity index (χ0) is 10.9. The maximum Gasteiger partial charge on any atom is 0.306 e. The predicted molar refractivity (Wildman–Crippen MR) is 47.1 cm³/mol. The van der Waals surface area contributed by atoms with Crippen LogP contribution in [0.5, 0.6) is 0 Å². The Balaban J connectivity index is 0. The topological polar surface area (TPSA) is 107 Å². The lowest BCUT2D eigenvalue weighted by molar-refractivity contribution is -0.140. The van der Waals surface area contributed by atoms with E-state index in [0.29, 0.717) is 0 Å². The molecule has 1 amide bonds. The van der Waals surface area contributed by atoms with Gasteiger partial charge in [-0.05, 0) is 0 Å². The highest BCUT2D eigenvalue weighted by Gasteiger charge is 2.01. The van der Waals surface area contributed by atoms with Crippen molar-refractivity contribution in [2.24, 2.45) is 5.73 Å². The number of carbonyl (C=O) groups excluding carboxylic acids is 2. The van der Waals surface area contributed by atoms with Crippen molar-refractivity contribution in [1.29, 1.82) is 0 Å². The van der Waals surface area contributed by atoms with Crippen molar-refractivity contribution in [1.82, 2.24) is 0 Å². The Morgan fingerprint density at radius 3 is 2.15 bits per heavy atom. The number of hydrogen-bond donors (Lipinski definition) is 2. The first-order valence-corrected chi connectivity index (χ1v) is 4.58. The molecule has 0 rings (SSSR count). The van der Waals surface area contributed by atoms with Crippen LogP contribution in [0.2, 0.25) is 0 Å². The summed E-state index contributed by atoms with van der Waals surface area (Å²) in [4.78, 5) is 19.5. The average Bonchev–Trinajstić information content (AvgIpc) is 1.99. The van der Waals surface area contributed by atoms with E-state index < -0.39 is 17.0 Å². The molecule has 78 valence electrons. The van der Waals surface area contributed by atoms with Crippen LogP contribution in [0.1, 0.15) is 13.3 Å². The zero-order valence-corrected chi connectivity index (χ0v) is 8.30. The molecule has 1 unspecified atom stereocenters. The van der Waals surface area contributed by atoms with E-state index >= 15 is 0 Å². The molecule has 0 radical (unpaired) electrons. The van der Waals surface area contributed by atoms with Gasteiger partial charge in [-0.25, -0.2) is 4.21 Å². The summed E-state index contributed by atoms with van der Waals surface area (Å²) in [7, 11) is 1.24. The van der Waals surface area contributed by atoms with Gasteiger partial charge in [-0.2, -0.15) is 0 Å². The number of primary amides is 1. The van der Waals surface area contributed by atoms with E-state index in [0.717, 1.165) is 0 Å². The van der Waals surface area contributed by atoms with Gasteiger partial charge in [0.1, 0.15) is 0 Å². The molecule has 0 aliphatic heterocycles. The van der Waals surface area contributed by atoms with Crippen molar-refractivity contribution in [2.45, 2.75) is 13.3 Å². The van der Waals surface area contributed by atoms with E-state index in [2.05, 4.69) is 10.5 Å². The van der Waals surface area contributed by atoms with Crippen molar-refractivity contribution in [3.8, 4) is 0 Å². The second kappa shape index (κ2) is 9.14. The first kappa shape index (κ1) is 14.6. The van der Waals surface area contributed by atoms with E-state index in [1.807, 2.05) is 0 Å². The highest BCUT2D eigenvalue weighted by molar-refractivity contribution is 7.79. The van der Waals surface area contributed by atoms with Crippen molar-refractivity contribution < 1.29 is 23.1 Å². The number of amides is 1. The van der Waals surface area contributed by atoms with Gasteiger partial charge in [0.25, 0.3) is 0 Å². The molecule has 0 heterocycles. The Morgan fingerprint density at radius 2 is 1.92 bits per heavy atom. The van der Waals surface area contributed by atoms with E-state index in [4.69, 9.17) is 4.55 Å². The fourth-order valence-electron chi connectivity index (χ4n) is 0.273. The summed E-state index contributed by atoms with van der Waals surface area (Å²) >= 11 is -1.89. The van der Waals surface area contributed by atoms with E-state index in [9.17, 15) is 13.8 Å². The monoisotopic (exact) mass is 211 g/mol. The molecule has 0 aliphatic carbocycles. The molecule has 0 fully saturated rings. The highest BCUT2D eigenvalue weighted by Crippen LogP contribution is 1.85. The Labute approximate surface area is 78.7 Å². The fourth-order valence-corrected chi connectivity index (χ4v) is 0.614. The van der Waals surface area contributed by atoms with Gasteiger partial charge in [0, 0.05) is 6.92 Å². The SMILES string of the molecule is CC(N)=O.COC(=O)CCS(=O)O. The summed E-state index contributed by atoms with van der Waals surface area (Å²) in [6.45, 7) is 1.31. The molecule has 13 heavy (non-hydrogen) atoms. The van der Waals surface area contributed by atoms with Crippen LogP contribution in [0, 0.1) is 0 Å². The van der Waals surface area contributed by atoms with Gasteiger partial charge >= 0.3 is 5.97 Å². The second-order valence-electron chi connectivity index (χ2n) is 1.96. The van der Waals surface area contributed by atoms with Crippen LogP contribution in [0.4, 0.5) is 0 Å². The molecule has 0 aliphatic rings. The third-order valence-electron chi connectivity index (χ3n) is 0.708. The van der Waals surface area contributed by atoms with Gasteiger partial charge in [-0.3, -0.25) is 9.59 Å². The standard InChI is InChI=1S/C4H8O4S.C2H5NO/c1-8-4(5)2-3-9(6)7;1-2(3)4/h2-3H2,1H3,(H,6,7);1H3,(H2,3,4). The van der Waals surface area contributed by atoms with Crippen LogP contribution in [0.15, 0.2) is 0 Å². The molecule has 1 atom stereocenters. The molecule has 0 aromatic carbocycles. The minimum absolute atomic E-state index is 0.000386.